The van der Waals surface area contributed by atoms with Crippen LogP contribution in [0.1, 0.15) is 22.8 Å². The number of hydrogen-bond acceptors (Lipinski definition) is 3. The van der Waals surface area contributed by atoms with Crippen LogP contribution in [0.4, 0.5) is 0 Å². The zero-order chi connectivity index (χ0) is 14.4. The van der Waals surface area contributed by atoms with E-state index in [1.54, 1.807) is 12.1 Å². The van der Waals surface area contributed by atoms with Gasteiger partial charge in [0.15, 0.2) is 12.6 Å². The zero-order valence-corrected chi connectivity index (χ0v) is 12.7. The van der Waals surface area contributed by atoms with Gasteiger partial charge in [-0.05, 0) is 30.7 Å². The quantitative estimate of drug-likeness (QED) is 0.451. The molecule has 0 aliphatic carbocycles. The van der Waals surface area contributed by atoms with Crippen LogP contribution in [0, 0.1) is 0 Å². The van der Waals surface area contributed by atoms with Crippen molar-refractivity contribution in [3.63, 3.8) is 0 Å². The Labute approximate surface area is 126 Å². The average molecular weight is 335 g/mol. The molecule has 0 N–H and O–H groups in total. The van der Waals surface area contributed by atoms with Gasteiger partial charge in [0.05, 0.1) is 12.2 Å². The average Bonchev–Trinajstić information content (AvgIpc) is 2.45. The van der Waals surface area contributed by atoms with E-state index >= 15 is 0 Å². The Bertz CT molecular complexity index is 582. The second-order valence-corrected chi connectivity index (χ2v) is 5.21. The van der Waals surface area contributed by atoms with Crippen molar-refractivity contribution >= 4 is 21.7 Å². The summed E-state index contributed by atoms with van der Waals surface area (Å²) in [5.74, 6) is 0.498. The minimum atomic E-state index is -0.0376. The minimum absolute atomic E-state index is 0.0376. The lowest BCUT2D eigenvalue weighted by molar-refractivity contribution is 0.00468. The Kier molecular flexibility index (Phi) is 5.32. The Hall–Kier alpha value is -1.65. The lowest BCUT2D eigenvalue weighted by atomic mass is 10.1. The molecule has 20 heavy (non-hydrogen) atoms. The van der Waals surface area contributed by atoms with E-state index in [4.69, 9.17) is 9.47 Å². The van der Waals surface area contributed by atoms with E-state index in [2.05, 4.69) is 15.9 Å². The summed E-state index contributed by atoms with van der Waals surface area (Å²) in [6.45, 7) is 2.10. The maximum absolute atomic E-state index is 11.5. The molecule has 0 aromatic heterocycles. The van der Waals surface area contributed by atoms with Crippen LogP contribution in [0.25, 0.3) is 0 Å². The Morgan fingerprint density at radius 2 is 1.90 bits per heavy atom. The highest BCUT2D eigenvalue weighted by atomic mass is 79.9. The van der Waals surface area contributed by atoms with Gasteiger partial charge in [0.2, 0.25) is 0 Å². The van der Waals surface area contributed by atoms with E-state index in [0.717, 1.165) is 10.0 Å². The molecule has 0 saturated carbocycles. The van der Waals surface area contributed by atoms with Crippen LogP contribution in [-0.4, -0.2) is 12.6 Å². The number of ketones is 1. The number of rotatable bonds is 6. The molecular formula is C16H15BrO3. The molecule has 0 radical (unpaired) electrons. The molecule has 3 nitrogen and oxygen atoms in total. The monoisotopic (exact) mass is 334 g/mol. The second-order valence-electron chi connectivity index (χ2n) is 4.29. The van der Waals surface area contributed by atoms with E-state index < -0.39 is 0 Å². The molecule has 2 rings (SSSR count). The summed E-state index contributed by atoms with van der Waals surface area (Å²) >= 11 is 3.34. The van der Waals surface area contributed by atoms with E-state index in [0.29, 0.717) is 17.9 Å². The fourth-order valence-electron chi connectivity index (χ4n) is 1.74. The fraction of sp³-hybridized carbons (Fsp3) is 0.188. The van der Waals surface area contributed by atoms with Gasteiger partial charge < -0.3 is 9.47 Å². The third-order valence-corrected chi connectivity index (χ3v) is 3.22. The van der Waals surface area contributed by atoms with Gasteiger partial charge in [-0.3, -0.25) is 4.79 Å². The molecule has 0 spiro atoms. The minimum Gasteiger partial charge on any atom is -0.467 e. The van der Waals surface area contributed by atoms with Gasteiger partial charge in [-0.2, -0.15) is 0 Å². The number of halogens is 1. The van der Waals surface area contributed by atoms with Crippen molar-refractivity contribution < 1.29 is 14.3 Å². The highest BCUT2D eigenvalue weighted by Crippen LogP contribution is 2.23. The molecule has 0 amide bonds. The van der Waals surface area contributed by atoms with Gasteiger partial charge in [-0.25, -0.2) is 0 Å². The first-order valence-electron chi connectivity index (χ1n) is 6.22. The Morgan fingerprint density at radius 3 is 2.60 bits per heavy atom. The molecule has 0 aliphatic rings. The highest BCUT2D eigenvalue weighted by molar-refractivity contribution is 9.10. The molecule has 0 heterocycles. The molecular weight excluding hydrogens is 320 g/mol. The molecule has 0 saturated heterocycles. The predicted octanol–water partition coefficient (Wildman–Crippen LogP) is 4.20. The summed E-state index contributed by atoms with van der Waals surface area (Å²) in [5, 5.41) is 0. The van der Waals surface area contributed by atoms with Gasteiger partial charge in [0.25, 0.3) is 0 Å². The molecule has 0 unspecified atom stereocenters. The molecule has 0 bridgehead atoms. The summed E-state index contributed by atoms with van der Waals surface area (Å²) in [5.41, 5.74) is 1.63. The van der Waals surface area contributed by atoms with Crippen LogP contribution in [0.3, 0.4) is 0 Å². The Balaban J connectivity index is 1.90. The third-order valence-electron chi connectivity index (χ3n) is 2.73. The first kappa shape index (κ1) is 14.8. The topological polar surface area (TPSA) is 35.5 Å². The predicted molar refractivity (Wildman–Crippen MR) is 80.9 cm³/mol. The number of carbonyl (C=O) groups is 1. The summed E-state index contributed by atoms with van der Waals surface area (Å²) in [6.07, 6.45) is 0. The maximum Gasteiger partial charge on any atom is 0.189 e. The normalized spacial score (nSPS) is 10.3. The molecule has 2 aromatic carbocycles. The number of hydrogen-bond donors (Lipinski definition) is 0. The standard InChI is InChI=1S/C16H15BrO3/c1-12(18)15-9-14(17)7-8-16(15)20-11-19-10-13-5-3-2-4-6-13/h2-9H,10-11H2,1H3. The van der Waals surface area contributed by atoms with Gasteiger partial charge in [0.1, 0.15) is 5.75 Å². The van der Waals surface area contributed by atoms with Crippen molar-refractivity contribution in [1.82, 2.24) is 0 Å². The number of benzene rings is 2. The van der Waals surface area contributed by atoms with Crippen LogP contribution in [0.2, 0.25) is 0 Å². The van der Waals surface area contributed by atoms with Crippen LogP contribution in [0.5, 0.6) is 5.75 Å². The van der Waals surface area contributed by atoms with Gasteiger partial charge >= 0.3 is 0 Å². The van der Waals surface area contributed by atoms with Crippen molar-refractivity contribution in [2.24, 2.45) is 0 Å². The first-order valence-corrected chi connectivity index (χ1v) is 7.01. The van der Waals surface area contributed by atoms with E-state index in [1.807, 2.05) is 36.4 Å². The summed E-state index contributed by atoms with van der Waals surface area (Å²) in [4.78, 5) is 11.5. The van der Waals surface area contributed by atoms with E-state index in [-0.39, 0.29) is 12.6 Å². The molecule has 0 atom stereocenters. The van der Waals surface area contributed by atoms with Crippen molar-refractivity contribution in [3.05, 3.63) is 64.1 Å². The van der Waals surface area contributed by atoms with E-state index in [1.165, 1.54) is 6.92 Å². The largest absolute Gasteiger partial charge is 0.467 e. The number of carbonyl (C=O) groups excluding carboxylic acids is 1. The highest BCUT2D eigenvalue weighted by Gasteiger charge is 2.09. The van der Waals surface area contributed by atoms with Crippen molar-refractivity contribution in [1.29, 1.82) is 0 Å². The summed E-state index contributed by atoms with van der Waals surface area (Å²) < 4.78 is 11.8. The first-order chi connectivity index (χ1) is 9.66. The van der Waals surface area contributed by atoms with Crippen LogP contribution >= 0.6 is 15.9 Å². The zero-order valence-electron chi connectivity index (χ0n) is 11.1. The summed E-state index contributed by atoms with van der Waals surface area (Å²) in [7, 11) is 0. The fourth-order valence-corrected chi connectivity index (χ4v) is 2.10. The number of ether oxygens (including phenoxy) is 2. The van der Waals surface area contributed by atoms with Crippen LogP contribution in [-0.2, 0) is 11.3 Å². The van der Waals surface area contributed by atoms with E-state index in [9.17, 15) is 4.79 Å². The Morgan fingerprint density at radius 1 is 1.15 bits per heavy atom. The molecule has 2 aromatic rings. The van der Waals surface area contributed by atoms with Gasteiger partial charge in [-0.1, -0.05) is 46.3 Å². The SMILES string of the molecule is CC(=O)c1cc(Br)ccc1OCOCc1ccccc1. The second kappa shape index (κ2) is 7.22. The van der Waals surface area contributed by atoms with Crippen molar-refractivity contribution in [2.75, 3.05) is 6.79 Å². The molecule has 0 fully saturated rings. The van der Waals surface area contributed by atoms with Crippen molar-refractivity contribution in [2.45, 2.75) is 13.5 Å². The third kappa shape index (κ3) is 4.18. The lowest BCUT2D eigenvalue weighted by Crippen LogP contribution is -2.06. The van der Waals surface area contributed by atoms with Gasteiger partial charge in [0, 0.05) is 4.47 Å². The maximum atomic E-state index is 11.5. The smallest absolute Gasteiger partial charge is 0.189 e. The van der Waals surface area contributed by atoms with Crippen LogP contribution in [0.15, 0.2) is 53.0 Å². The molecule has 0 aliphatic heterocycles. The molecule has 4 heteroatoms. The lowest BCUT2D eigenvalue weighted by Gasteiger charge is -2.10. The van der Waals surface area contributed by atoms with Gasteiger partial charge in [-0.15, -0.1) is 0 Å². The molecule has 104 valence electrons. The van der Waals surface area contributed by atoms with Crippen molar-refractivity contribution in [3.8, 4) is 5.75 Å². The van der Waals surface area contributed by atoms with Crippen LogP contribution < -0.4 is 4.74 Å². The number of Topliss-reactive ketones (excluding diaryl/α,β-unsaturated/α-hetero) is 1. The summed E-state index contributed by atoms with van der Waals surface area (Å²) in [6, 6.07) is 15.2.